The van der Waals surface area contributed by atoms with Crippen molar-refractivity contribution in [1.29, 1.82) is 0 Å². The normalized spacial score (nSPS) is 12.1. The quantitative estimate of drug-likeness (QED) is 0.661. The lowest BCUT2D eigenvalue weighted by atomic mass is 10.0. The molecule has 0 saturated heterocycles. The minimum absolute atomic E-state index is 0.0931. The number of Topliss-reactive ketones (excluding diaryl/α,β-unsaturated/α-hetero) is 1. The Morgan fingerprint density at radius 1 is 1.41 bits per heavy atom. The molecule has 0 unspecified atom stereocenters. The van der Waals surface area contributed by atoms with Crippen molar-refractivity contribution in [3.63, 3.8) is 0 Å². The van der Waals surface area contributed by atoms with Crippen molar-refractivity contribution >= 4 is 11.8 Å². The number of phenolic OH excluding ortho intramolecular Hbond substituents is 1. The maximum Gasteiger partial charge on any atom is 0.320 e. The van der Waals surface area contributed by atoms with E-state index in [9.17, 15) is 14.7 Å². The molecule has 0 aliphatic rings. The van der Waals surface area contributed by atoms with Crippen molar-refractivity contribution in [3.8, 4) is 5.75 Å². The highest BCUT2D eigenvalue weighted by Crippen LogP contribution is 2.20. The number of carboxylic acid groups (broad SMARTS) is 1. The van der Waals surface area contributed by atoms with Crippen molar-refractivity contribution < 1.29 is 19.8 Å². The molecular weight excluding hydrogens is 222 g/mol. The van der Waals surface area contributed by atoms with E-state index in [1.54, 1.807) is 13.0 Å². The average molecular weight is 237 g/mol. The summed E-state index contributed by atoms with van der Waals surface area (Å²) in [5.74, 6) is -1.38. The van der Waals surface area contributed by atoms with Gasteiger partial charge in [0.15, 0.2) is 5.78 Å². The average Bonchev–Trinajstić information content (AvgIpc) is 2.30. The van der Waals surface area contributed by atoms with E-state index in [-0.39, 0.29) is 29.9 Å². The zero-order valence-electron chi connectivity index (χ0n) is 9.51. The maximum absolute atomic E-state index is 11.5. The second-order valence-corrected chi connectivity index (χ2v) is 3.78. The fraction of sp³-hybridized carbons (Fsp3) is 0.333. The van der Waals surface area contributed by atoms with Gasteiger partial charge in [0.05, 0.1) is 5.56 Å². The van der Waals surface area contributed by atoms with E-state index < -0.39 is 12.0 Å². The van der Waals surface area contributed by atoms with Crippen LogP contribution in [0.1, 0.15) is 29.3 Å². The van der Waals surface area contributed by atoms with E-state index in [1.807, 2.05) is 0 Å². The molecule has 0 aliphatic heterocycles. The van der Waals surface area contributed by atoms with Gasteiger partial charge in [0.2, 0.25) is 0 Å². The standard InChI is InChI=1S/C12H15NO4/c1-2-10(14)8-5-7(3-4-11(8)15)6-9(13)12(16)17/h3-5,9,15H,2,6,13H2,1H3,(H,16,17)/t9-/m0/s1. The summed E-state index contributed by atoms with van der Waals surface area (Å²) in [6.45, 7) is 1.69. The Kier molecular flexibility index (Phi) is 4.23. The lowest BCUT2D eigenvalue weighted by Crippen LogP contribution is -2.32. The molecule has 0 heterocycles. The number of aromatic hydroxyl groups is 1. The van der Waals surface area contributed by atoms with Crippen molar-refractivity contribution in [2.24, 2.45) is 5.73 Å². The van der Waals surface area contributed by atoms with E-state index in [4.69, 9.17) is 10.8 Å². The number of rotatable bonds is 5. The van der Waals surface area contributed by atoms with E-state index in [0.717, 1.165) is 0 Å². The largest absolute Gasteiger partial charge is 0.507 e. The van der Waals surface area contributed by atoms with Crippen LogP contribution in [-0.2, 0) is 11.2 Å². The summed E-state index contributed by atoms with van der Waals surface area (Å²) in [7, 11) is 0. The van der Waals surface area contributed by atoms with Gasteiger partial charge in [-0.05, 0) is 24.1 Å². The third kappa shape index (κ3) is 3.29. The van der Waals surface area contributed by atoms with Gasteiger partial charge in [-0.1, -0.05) is 13.0 Å². The minimum atomic E-state index is -1.10. The highest BCUT2D eigenvalue weighted by molar-refractivity contribution is 5.98. The van der Waals surface area contributed by atoms with E-state index >= 15 is 0 Å². The number of hydrogen-bond acceptors (Lipinski definition) is 4. The molecule has 92 valence electrons. The molecule has 1 rings (SSSR count). The minimum Gasteiger partial charge on any atom is -0.507 e. The Hall–Kier alpha value is -1.88. The first-order chi connectivity index (χ1) is 7.95. The summed E-state index contributed by atoms with van der Waals surface area (Å²) in [6.07, 6.45) is 0.404. The molecule has 1 aromatic carbocycles. The number of ketones is 1. The van der Waals surface area contributed by atoms with Crippen molar-refractivity contribution in [2.75, 3.05) is 0 Å². The zero-order valence-corrected chi connectivity index (χ0v) is 9.51. The monoisotopic (exact) mass is 237 g/mol. The number of phenols is 1. The van der Waals surface area contributed by atoms with Gasteiger partial charge in [0.1, 0.15) is 11.8 Å². The second kappa shape index (κ2) is 5.45. The summed E-state index contributed by atoms with van der Waals surface area (Å²) in [5.41, 5.74) is 6.23. The van der Waals surface area contributed by atoms with Gasteiger partial charge in [0, 0.05) is 6.42 Å². The van der Waals surface area contributed by atoms with Gasteiger partial charge in [-0.15, -0.1) is 0 Å². The fourth-order valence-electron chi connectivity index (χ4n) is 1.47. The van der Waals surface area contributed by atoms with Crippen LogP contribution in [-0.4, -0.2) is 28.0 Å². The van der Waals surface area contributed by atoms with Gasteiger partial charge < -0.3 is 15.9 Å². The third-order valence-electron chi connectivity index (χ3n) is 2.46. The molecule has 0 amide bonds. The predicted molar refractivity (Wildman–Crippen MR) is 62.0 cm³/mol. The highest BCUT2D eigenvalue weighted by atomic mass is 16.4. The first-order valence-corrected chi connectivity index (χ1v) is 5.29. The van der Waals surface area contributed by atoms with Gasteiger partial charge in [-0.3, -0.25) is 9.59 Å². The molecule has 5 heteroatoms. The molecule has 1 aromatic rings. The Bertz CT molecular complexity index is 442. The number of hydrogen-bond donors (Lipinski definition) is 3. The lowest BCUT2D eigenvalue weighted by molar-refractivity contribution is -0.138. The van der Waals surface area contributed by atoms with Crippen molar-refractivity contribution in [1.82, 2.24) is 0 Å². The molecular formula is C12H15NO4. The van der Waals surface area contributed by atoms with Crippen LogP contribution in [0.5, 0.6) is 5.75 Å². The van der Waals surface area contributed by atoms with Gasteiger partial charge in [0.25, 0.3) is 0 Å². The first-order valence-electron chi connectivity index (χ1n) is 5.29. The van der Waals surface area contributed by atoms with Crippen LogP contribution in [0.2, 0.25) is 0 Å². The molecule has 0 saturated carbocycles. The summed E-state index contributed by atoms with van der Waals surface area (Å²) in [5, 5.41) is 18.2. The Morgan fingerprint density at radius 3 is 2.59 bits per heavy atom. The van der Waals surface area contributed by atoms with Crippen LogP contribution in [0, 0.1) is 0 Å². The van der Waals surface area contributed by atoms with Crippen LogP contribution in [0.4, 0.5) is 0 Å². The van der Waals surface area contributed by atoms with E-state index in [0.29, 0.717) is 5.56 Å². The number of aliphatic carboxylic acids is 1. The van der Waals surface area contributed by atoms with Crippen molar-refractivity contribution in [2.45, 2.75) is 25.8 Å². The third-order valence-corrected chi connectivity index (χ3v) is 2.46. The smallest absolute Gasteiger partial charge is 0.320 e. The van der Waals surface area contributed by atoms with Crippen LogP contribution >= 0.6 is 0 Å². The van der Waals surface area contributed by atoms with E-state index in [2.05, 4.69) is 0 Å². The SMILES string of the molecule is CCC(=O)c1cc(C[C@H](N)C(=O)O)ccc1O. The molecule has 0 aliphatic carbocycles. The number of carbonyl (C=O) groups is 2. The molecule has 1 atom stereocenters. The molecule has 5 nitrogen and oxygen atoms in total. The maximum atomic E-state index is 11.5. The van der Waals surface area contributed by atoms with Crippen LogP contribution in [0.25, 0.3) is 0 Å². The molecule has 0 spiro atoms. The topological polar surface area (TPSA) is 101 Å². The molecule has 0 aromatic heterocycles. The molecule has 0 radical (unpaired) electrons. The summed E-state index contributed by atoms with van der Waals surface area (Å²) in [6, 6.07) is 3.42. The predicted octanol–water partition coefficient (Wildman–Crippen LogP) is 0.939. The molecule has 0 fully saturated rings. The number of nitrogens with two attached hydrogens (primary N) is 1. The summed E-state index contributed by atoms with van der Waals surface area (Å²) >= 11 is 0. The first kappa shape index (κ1) is 13.2. The number of carboxylic acids is 1. The molecule has 17 heavy (non-hydrogen) atoms. The fourth-order valence-corrected chi connectivity index (χ4v) is 1.47. The van der Waals surface area contributed by atoms with Crippen molar-refractivity contribution in [3.05, 3.63) is 29.3 Å². The second-order valence-electron chi connectivity index (χ2n) is 3.78. The van der Waals surface area contributed by atoms with Crippen LogP contribution < -0.4 is 5.73 Å². The Morgan fingerprint density at radius 2 is 2.06 bits per heavy atom. The molecule has 4 N–H and O–H groups in total. The highest BCUT2D eigenvalue weighted by Gasteiger charge is 2.15. The Balaban J connectivity index is 2.96. The van der Waals surface area contributed by atoms with Gasteiger partial charge in [-0.2, -0.15) is 0 Å². The summed E-state index contributed by atoms with van der Waals surface area (Å²) in [4.78, 5) is 22.1. The molecule has 0 bridgehead atoms. The van der Waals surface area contributed by atoms with Crippen LogP contribution in [0.15, 0.2) is 18.2 Å². The summed E-state index contributed by atoms with van der Waals surface area (Å²) < 4.78 is 0. The van der Waals surface area contributed by atoms with Gasteiger partial charge >= 0.3 is 5.97 Å². The van der Waals surface area contributed by atoms with Gasteiger partial charge in [-0.25, -0.2) is 0 Å². The van der Waals surface area contributed by atoms with Crippen LogP contribution in [0.3, 0.4) is 0 Å². The Labute approximate surface area is 98.9 Å². The number of benzene rings is 1. The zero-order chi connectivity index (χ0) is 13.0. The van der Waals surface area contributed by atoms with E-state index in [1.165, 1.54) is 12.1 Å². The number of carbonyl (C=O) groups excluding carboxylic acids is 1. The lowest BCUT2D eigenvalue weighted by Gasteiger charge is -2.09.